The Morgan fingerprint density at radius 1 is 1.03 bits per heavy atom. The van der Waals surface area contributed by atoms with Crippen molar-refractivity contribution in [3.63, 3.8) is 0 Å². The third-order valence-corrected chi connectivity index (χ3v) is 3.99. The molecule has 0 spiro atoms. The van der Waals surface area contributed by atoms with E-state index in [4.69, 9.17) is 9.47 Å². The normalized spacial score (nSPS) is 11.6. The lowest BCUT2D eigenvalue weighted by atomic mass is 10.2. The number of unbranched alkanes of at least 4 members (excludes halogenated alkanes) is 3. The molecule has 0 amide bonds. The SMILES string of the molecule is CCCCCCOc1ccc(Nc2ncc(C(F)(F)F)c(OCC(C)C)n2)cc1. The molecule has 0 fully saturated rings. The van der Waals surface area contributed by atoms with Crippen LogP contribution in [-0.4, -0.2) is 23.2 Å². The Morgan fingerprint density at radius 3 is 2.38 bits per heavy atom. The van der Waals surface area contributed by atoms with E-state index in [1.807, 2.05) is 13.8 Å². The van der Waals surface area contributed by atoms with Gasteiger partial charge in [0.05, 0.1) is 13.2 Å². The number of aromatic nitrogens is 2. The molecule has 0 aliphatic carbocycles. The molecule has 2 aromatic rings. The first-order valence-corrected chi connectivity index (χ1v) is 9.86. The van der Waals surface area contributed by atoms with Crippen LogP contribution in [0.4, 0.5) is 24.8 Å². The van der Waals surface area contributed by atoms with Gasteiger partial charge in [-0.3, -0.25) is 0 Å². The van der Waals surface area contributed by atoms with E-state index in [-0.39, 0.29) is 18.5 Å². The summed E-state index contributed by atoms with van der Waals surface area (Å²) in [7, 11) is 0. The summed E-state index contributed by atoms with van der Waals surface area (Å²) in [6.45, 7) is 6.64. The molecular weight excluding hydrogens is 383 g/mol. The zero-order valence-electron chi connectivity index (χ0n) is 17.1. The van der Waals surface area contributed by atoms with Crippen LogP contribution >= 0.6 is 0 Å². The van der Waals surface area contributed by atoms with Gasteiger partial charge in [0.1, 0.15) is 11.3 Å². The van der Waals surface area contributed by atoms with Gasteiger partial charge < -0.3 is 14.8 Å². The highest BCUT2D eigenvalue weighted by Gasteiger charge is 2.36. The molecule has 0 bridgehead atoms. The minimum absolute atomic E-state index is 0.0324. The second kappa shape index (κ2) is 10.9. The summed E-state index contributed by atoms with van der Waals surface area (Å²) in [6, 6.07) is 7.11. The van der Waals surface area contributed by atoms with Gasteiger partial charge in [-0.2, -0.15) is 18.2 Å². The largest absolute Gasteiger partial charge is 0.494 e. The number of hydrogen-bond acceptors (Lipinski definition) is 5. The fourth-order valence-corrected chi connectivity index (χ4v) is 2.46. The molecule has 160 valence electrons. The van der Waals surface area contributed by atoms with Gasteiger partial charge in [-0.05, 0) is 36.6 Å². The lowest BCUT2D eigenvalue weighted by Gasteiger charge is -2.15. The molecule has 0 saturated heterocycles. The number of benzene rings is 1. The van der Waals surface area contributed by atoms with E-state index >= 15 is 0 Å². The lowest BCUT2D eigenvalue weighted by Crippen LogP contribution is -2.14. The smallest absolute Gasteiger partial charge is 0.423 e. The van der Waals surface area contributed by atoms with Crippen molar-refractivity contribution < 1.29 is 22.6 Å². The minimum Gasteiger partial charge on any atom is -0.494 e. The van der Waals surface area contributed by atoms with Crippen LogP contribution in [0.2, 0.25) is 0 Å². The highest BCUT2D eigenvalue weighted by atomic mass is 19.4. The lowest BCUT2D eigenvalue weighted by molar-refractivity contribution is -0.139. The number of hydrogen-bond donors (Lipinski definition) is 1. The van der Waals surface area contributed by atoms with Crippen molar-refractivity contribution in [2.45, 2.75) is 52.6 Å². The maximum atomic E-state index is 13.2. The first-order chi connectivity index (χ1) is 13.8. The van der Waals surface area contributed by atoms with Gasteiger partial charge in [0.25, 0.3) is 0 Å². The molecule has 0 radical (unpaired) electrons. The molecule has 0 aliphatic rings. The van der Waals surface area contributed by atoms with E-state index in [0.717, 1.165) is 24.8 Å². The van der Waals surface area contributed by atoms with Crippen molar-refractivity contribution in [2.75, 3.05) is 18.5 Å². The summed E-state index contributed by atoms with van der Waals surface area (Å²) >= 11 is 0. The zero-order valence-corrected chi connectivity index (χ0v) is 17.1. The van der Waals surface area contributed by atoms with Crippen molar-refractivity contribution in [1.29, 1.82) is 0 Å². The van der Waals surface area contributed by atoms with Crippen LogP contribution < -0.4 is 14.8 Å². The summed E-state index contributed by atoms with van der Waals surface area (Å²) < 4.78 is 50.4. The number of nitrogens with one attached hydrogen (secondary N) is 1. The first-order valence-electron chi connectivity index (χ1n) is 9.86. The van der Waals surface area contributed by atoms with Gasteiger partial charge in [0.2, 0.25) is 11.8 Å². The number of rotatable bonds is 11. The Hall–Kier alpha value is -2.51. The summed E-state index contributed by atoms with van der Waals surface area (Å²) in [6.07, 6.45) is 0.674. The van der Waals surface area contributed by atoms with Gasteiger partial charge in [0.15, 0.2) is 0 Å². The number of anilines is 2. The van der Waals surface area contributed by atoms with E-state index in [0.29, 0.717) is 12.3 Å². The Kier molecular flexibility index (Phi) is 8.54. The van der Waals surface area contributed by atoms with Crippen molar-refractivity contribution >= 4 is 11.6 Å². The molecule has 2 rings (SSSR count). The maximum absolute atomic E-state index is 13.2. The van der Waals surface area contributed by atoms with E-state index in [2.05, 4.69) is 22.2 Å². The number of ether oxygens (including phenoxy) is 2. The van der Waals surface area contributed by atoms with E-state index < -0.39 is 17.6 Å². The predicted octanol–water partition coefficient (Wildman–Crippen LogP) is 6.23. The molecule has 0 saturated carbocycles. The molecular formula is C21H28F3N3O2. The Morgan fingerprint density at radius 2 is 1.76 bits per heavy atom. The van der Waals surface area contributed by atoms with Crippen LogP contribution in [0.5, 0.6) is 11.6 Å². The van der Waals surface area contributed by atoms with Crippen molar-refractivity contribution in [1.82, 2.24) is 9.97 Å². The Labute approximate surface area is 169 Å². The number of halogens is 3. The van der Waals surface area contributed by atoms with E-state index in [1.54, 1.807) is 24.3 Å². The molecule has 1 aromatic heterocycles. The van der Waals surface area contributed by atoms with E-state index in [1.165, 1.54) is 12.8 Å². The molecule has 0 aliphatic heterocycles. The molecule has 0 atom stereocenters. The number of nitrogens with zero attached hydrogens (tertiary/aromatic N) is 2. The quantitative estimate of drug-likeness (QED) is 0.444. The second-order valence-electron chi connectivity index (χ2n) is 7.17. The maximum Gasteiger partial charge on any atom is 0.423 e. The topological polar surface area (TPSA) is 56.3 Å². The fraction of sp³-hybridized carbons (Fsp3) is 0.524. The zero-order chi connectivity index (χ0) is 21.3. The monoisotopic (exact) mass is 411 g/mol. The van der Waals surface area contributed by atoms with Crippen LogP contribution in [-0.2, 0) is 6.18 Å². The van der Waals surface area contributed by atoms with Crippen LogP contribution in [0.1, 0.15) is 52.0 Å². The van der Waals surface area contributed by atoms with Crippen molar-refractivity contribution in [3.8, 4) is 11.6 Å². The van der Waals surface area contributed by atoms with Crippen LogP contribution in [0, 0.1) is 5.92 Å². The van der Waals surface area contributed by atoms with Gasteiger partial charge >= 0.3 is 6.18 Å². The fourth-order valence-electron chi connectivity index (χ4n) is 2.46. The molecule has 1 heterocycles. The highest BCUT2D eigenvalue weighted by Crippen LogP contribution is 2.35. The average Bonchev–Trinajstić information content (AvgIpc) is 2.67. The average molecular weight is 411 g/mol. The van der Waals surface area contributed by atoms with Crippen LogP contribution in [0.15, 0.2) is 30.5 Å². The van der Waals surface area contributed by atoms with Crippen LogP contribution in [0.3, 0.4) is 0 Å². The molecule has 0 unspecified atom stereocenters. The minimum atomic E-state index is -4.58. The third kappa shape index (κ3) is 7.79. The summed E-state index contributed by atoms with van der Waals surface area (Å²) in [5, 5.41) is 2.90. The summed E-state index contributed by atoms with van der Waals surface area (Å²) in [5.41, 5.74) is -0.353. The standard InChI is InChI=1S/C21H28F3N3O2/c1-4-5-6-7-12-28-17-10-8-16(9-11-17)26-20-25-13-18(21(22,23)24)19(27-20)29-14-15(2)3/h8-11,13,15H,4-7,12,14H2,1-3H3,(H,25,26,27). The Bertz CT molecular complexity index is 750. The molecule has 1 N–H and O–H groups in total. The molecule has 29 heavy (non-hydrogen) atoms. The molecule has 1 aromatic carbocycles. The molecule has 8 heteroatoms. The van der Waals surface area contributed by atoms with Gasteiger partial charge in [0, 0.05) is 11.9 Å². The second-order valence-corrected chi connectivity index (χ2v) is 7.17. The van der Waals surface area contributed by atoms with Gasteiger partial charge in [-0.1, -0.05) is 40.0 Å². The summed E-state index contributed by atoms with van der Waals surface area (Å²) in [4.78, 5) is 7.69. The third-order valence-electron chi connectivity index (χ3n) is 3.99. The predicted molar refractivity (Wildman–Crippen MR) is 107 cm³/mol. The van der Waals surface area contributed by atoms with Crippen molar-refractivity contribution in [2.24, 2.45) is 5.92 Å². The van der Waals surface area contributed by atoms with Gasteiger partial charge in [-0.15, -0.1) is 0 Å². The molecule has 5 nitrogen and oxygen atoms in total. The first kappa shape index (κ1) is 22.8. The van der Waals surface area contributed by atoms with Gasteiger partial charge in [-0.25, -0.2) is 4.98 Å². The number of alkyl halides is 3. The van der Waals surface area contributed by atoms with Crippen molar-refractivity contribution in [3.05, 3.63) is 36.0 Å². The highest BCUT2D eigenvalue weighted by molar-refractivity contribution is 5.55. The van der Waals surface area contributed by atoms with E-state index in [9.17, 15) is 13.2 Å². The summed E-state index contributed by atoms with van der Waals surface area (Å²) in [5.74, 6) is 0.360. The van der Waals surface area contributed by atoms with Crippen LogP contribution in [0.25, 0.3) is 0 Å². The Balaban J connectivity index is 2.02.